The van der Waals surface area contributed by atoms with Gasteiger partial charge in [-0.15, -0.1) is 0 Å². The Kier molecular flexibility index (Phi) is 9.88. The van der Waals surface area contributed by atoms with E-state index >= 15 is 0 Å². The van der Waals surface area contributed by atoms with Crippen molar-refractivity contribution in [3.05, 3.63) is 0 Å². The number of amides is 3. The molecule has 0 heterocycles. The molecular formula is C12H18N4O9. The number of carboxylic acids is 3. The minimum atomic E-state index is -1.32. The standard InChI is InChI=1S/C12H18N4O9/c17-7(13-1-8(18)15-3-10(20)21)2-14-9(19)4-16(5-11(22)23)6-12(24)25/h1-6H2,(H,13,17)(H,14,19)(H,15,18)(H,20,21)(H,22,23)(H,24,25). The third-order valence-corrected chi connectivity index (χ3v) is 2.41. The van der Waals surface area contributed by atoms with Gasteiger partial charge in [0.25, 0.3) is 0 Å². The van der Waals surface area contributed by atoms with Gasteiger partial charge in [0.15, 0.2) is 0 Å². The van der Waals surface area contributed by atoms with E-state index in [1.54, 1.807) is 0 Å². The molecule has 0 aliphatic rings. The van der Waals surface area contributed by atoms with Crippen LogP contribution in [-0.2, 0) is 28.8 Å². The first kappa shape index (κ1) is 21.8. The number of hydrogen-bond donors (Lipinski definition) is 6. The zero-order valence-electron chi connectivity index (χ0n) is 13.0. The van der Waals surface area contributed by atoms with Gasteiger partial charge >= 0.3 is 17.9 Å². The van der Waals surface area contributed by atoms with Crippen LogP contribution in [0.4, 0.5) is 0 Å². The first-order valence-corrected chi connectivity index (χ1v) is 6.78. The zero-order chi connectivity index (χ0) is 19.4. The molecule has 0 atom stereocenters. The third-order valence-electron chi connectivity index (χ3n) is 2.41. The van der Waals surface area contributed by atoms with Gasteiger partial charge in [-0.2, -0.15) is 0 Å². The molecule has 13 heteroatoms. The number of nitrogens with one attached hydrogen (secondary N) is 3. The second-order valence-corrected chi connectivity index (χ2v) is 4.66. The largest absolute Gasteiger partial charge is 0.480 e. The average molecular weight is 362 g/mol. The van der Waals surface area contributed by atoms with Crippen molar-refractivity contribution in [1.82, 2.24) is 20.9 Å². The summed E-state index contributed by atoms with van der Waals surface area (Å²) in [5.41, 5.74) is 0. The topological polar surface area (TPSA) is 202 Å². The molecule has 0 fully saturated rings. The Morgan fingerprint density at radius 3 is 1.36 bits per heavy atom. The normalized spacial score (nSPS) is 9.96. The van der Waals surface area contributed by atoms with E-state index in [0.29, 0.717) is 0 Å². The fourth-order valence-corrected chi connectivity index (χ4v) is 1.47. The second kappa shape index (κ2) is 11.3. The van der Waals surface area contributed by atoms with Crippen molar-refractivity contribution in [1.29, 1.82) is 0 Å². The lowest BCUT2D eigenvalue weighted by Gasteiger charge is -2.17. The van der Waals surface area contributed by atoms with Gasteiger partial charge in [0.05, 0.1) is 32.7 Å². The summed E-state index contributed by atoms with van der Waals surface area (Å²) in [6.45, 7) is -3.52. The van der Waals surface area contributed by atoms with Crippen molar-refractivity contribution in [3.8, 4) is 0 Å². The van der Waals surface area contributed by atoms with Crippen LogP contribution in [-0.4, -0.2) is 95.1 Å². The van der Waals surface area contributed by atoms with Crippen molar-refractivity contribution in [3.63, 3.8) is 0 Å². The van der Waals surface area contributed by atoms with Crippen molar-refractivity contribution in [2.45, 2.75) is 0 Å². The summed E-state index contributed by atoms with van der Waals surface area (Å²) in [5.74, 6) is -6.16. The second-order valence-electron chi connectivity index (χ2n) is 4.66. The molecule has 140 valence electrons. The number of carbonyl (C=O) groups excluding carboxylic acids is 3. The molecule has 0 unspecified atom stereocenters. The van der Waals surface area contributed by atoms with Gasteiger partial charge in [-0.1, -0.05) is 0 Å². The van der Waals surface area contributed by atoms with Crippen molar-refractivity contribution in [2.24, 2.45) is 0 Å². The van der Waals surface area contributed by atoms with Gasteiger partial charge in [0.1, 0.15) is 6.54 Å². The number of carboxylic acid groups (broad SMARTS) is 3. The summed E-state index contributed by atoms with van der Waals surface area (Å²) in [5, 5.41) is 31.8. The molecule has 0 saturated heterocycles. The van der Waals surface area contributed by atoms with E-state index in [4.69, 9.17) is 15.3 Å². The number of rotatable bonds is 12. The van der Waals surface area contributed by atoms with Crippen molar-refractivity contribution < 1.29 is 44.1 Å². The minimum Gasteiger partial charge on any atom is -0.480 e. The van der Waals surface area contributed by atoms with Crippen LogP contribution in [0.1, 0.15) is 0 Å². The molecule has 0 saturated carbocycles. The Morgan fingerprint density at radius 2 is 0.960 bits per heavy atom. The SMILES string of the molecule is O=C(O)CNC(=O)CNC(=O)CNC(=O)CN(CC(=O)O)CC(=O)O. The summed E-state index contributed by atoms with van der Waals surface area (Å²) >= 11 is 0. The smallest absolute Gasteiger partial charge is 0.322 e. The van der Waals surface area contributed by atoms with Crippen LogP contribution >= 0.6 is 0 Å². The Bertz CT molecular complexity index is 533. The van der Waals surface area contributed by atoms with Crippen LogP contribution in [0.2, 0.25) is 0 Å². The molecule has 0 aromatic heterocycles. The molecule has 0 aromatic carbocycles. The van der Waals surface area contributed by atoms with Crippen LogP contribution in [0.3, 0.4) is 0 Å². The van der Waals surface area contributed by atoms with Gasteiger partial charge < -0.3 is 31.3 Å². The Hall–Kier alpha value is -3.22. The van der Waals surface area contributed by atoms with Gasteiger partial charge in [0.2, 0.25) is 17.7 Å². The van der Waals surface area contributed by atoms with E-state index in [-0.39, 0.29) is 0 Å². The molecule has 0 spiro atoms. The van der Waals surface area contributed by atoms with Gasteiger partial charge in [-0.25, -0.2) is 0 Å². The lowest BCUT2D eigenvalue weighted by molar-refractivity contribution is -0.142. The fourth-order valence-electron chi connectivity index (χ4n) is 1.47. The molecule has 0 radical (unpaired) electrons. The minimum absolute atomic E-state index is 0.494. The molecule has 0 aliphatic heterocycles. The molecule has 25 heavy (non-hydrogen) atoms. The van der Waals surface area contributed by atoms with E-state index in [1.807, 2.05) is 5.32 Å². The first-order valence-electron chi connectivity index (χ1n) is 6.78. The van der Waals surface area contributed by atoms with E-state index in [9.17, 15) is 28.8 Å². The lowest BCUT2D eigenvalue weighted by atomic mass is 10.4. The molecule has 0 rings (SSSR count). The van der Waals surface area contributed by atoms with Crippen LogP contribution in [0.5, 0.6) is 0 Å². The number of hydrogen-bond acceptors (Lipinski definition) is 7. The monoisotopic (exact) mass is 362 g/mol. The highest BCUT2D eigenvalue weighted by Gasteiger charge is 2.17. The van der Waals surface area contributed by atoms with Crippen LogP contribution in [0.25, 0.3) is 0 Å². The van der Waals surface area contributed by atoms with E-state index in [0.717, 1.165) is 4.90 Å². The van der Waals surface area contributed by atoms with Gasteiger partial charge in [0, 0.05) is 0 Å². The zero-order valence-corrected chi connectivity index (χ0v) is 13.0. The van der Waals surface area contributed by atoms with Crippen LogP contribution in [0.15, 0.2) is 0 Å². The quantitative estimate of drug-likeness (QED) is 0.198. The van der Waals surface area contributed by atoms with Gasteiger partial charge in [-0.05, 0) is 0 Å². The predicted molar refractivity (Wildman–Crippen MR) is 78.4 cm³/mol. The van der Waals surface area contributed by atoms with Gasteiger partial charge in [-0.3, -0.25) is 33.7 Å². The summed E-state index contributed by atoms with van der Waals surface area (Å²) in [6, 6.07) is 0. The summed E-state index contributed by atoms with van der Waals surface area (Å²) < 4.78 is 0. The third kappa shape index (κ3) is 13.0. The summed E-state index contributed by atoms with van der Waals surface area (Å²) in [4.78, 5) is 66.3. The molecular weight excluding hydrogens is 344 g/mol. The fraction of sp³-hybridized carbons (Fsp3) is 0.500. The molecule has 0 aliphatic carbocycles. The Labute approximate surface area is 141 Å². The maximum Gasteiger partial charge on any atom is 0.322 e. The maximum absolute atomic E-state index is 11.6. The summed E-state index contributed by atoms with van der Waals surface area (Å²) in [7, 11) is 0. The highest BCUT2D eigenvalue weighted by molar-refractivity contribution is 5.89. The van der Waals surface area contributed by atoms with Crippen LogP contribution < -0.4 is 16.0 Å². The van der Waals surface area contributed by atoms with Crippen molar-refractivity contribution >= 4 is 35.6 Å². The maximum atomic E-state index is 11.6. The highest BCUT2D eigenvalue weighted by Crippen LogP contribution is 1.88. The molecule has 13 nitrogen and oxygen atoms in total. The van der Waals surface area contributed by atoms with E-state index in [1.165, 1.54) is 0 Å². The average Bonchev–Trinajstić information content (AvgIpc) is 2.47. The number of aliphatic carboxylic acids is 3. The molecule has 3 amide bonds. The lowest BCUT2D eigenvalue weighted by Crippen LogP contribution is -2.46. The molecule has 0 aromatic rings. The summed E-state index contributed by atoms with van der Waals surface area (Å²) in [6.07, 6.45) is 0. The van der Waals surface area contributed by atoms with E-state index < -0.39 is 74.9 Å². The Morgan fingerprint density at radius 1 is 0.560 bits per heavy atom. The first-order chi connectivity index (χ1) is 11.6. The Balaban J connectivity index is 4.14. The predicted octanol–water partition coefficient (Wildman–Crippen LogP) is -4.11. The highest BCUT2D eigenvalue weighted by atomic mass is 16.4. The number of carbonyl (C=O) groups is 6. The number of nitrogens with zero attached hydrogens (tertiary/aromatic N) is 1. The molecule has 0 bridgehead atoms. The van der Waals surface area contributed by atoms with Crippen molar-refractivity contribution in [2.75, 3.05) is 39.3 Å². The molecule has 6 N–H and O–H groups in total. The van der Waals surface area contributed by atoms with Crippen LogP contribution in [0, 0.1) is 0 Å². The van der Waals surface area contributed by atoms with E-state index in [2.05, 4.69) is 10.6 Å².